The smallest absolute Gasteiger partial charge is 0.126 e. The van der Waals surface area contributed by atoms with Crippen molar-refractivity contribution in [3.8, 4) is 0 Å². The van der Waals surface area contributed by atoms with E-state index in [9.17, 15) is 0 Å². The van der Waals surface area contributed by atoms with E-state index in [1.165, 1.54) is 0 Å². The highest BCUT2D eigenvalue weighted by atomic mass is 15.0. The van der Waals surface area contributed by atoms with Crippen molar-refractivity contribution in [2.75, 3.05) is 11.1 Å². The average molecular weight is 179 g/mol. The van der Waals surface area contributed by atoms with E-state index in [-0.39, 0.29) is 0 Å². The molecule has 1 aromatic rings. The van der Waals surface area contributed by atoms with Crippen molar-refractivity contribution in [3.63, 3.8) is 0 Å². The summed E-state index contributed by atoms with van der Waals surface area (Å²) in [6, 6.07) is 2.43. The summed E-state index contributed by atoms with van der Waals surface area (Å²) in [5.74, 6) is 0.904. The molecule has 0 aliphatic carbocycles. The van der Waals surface area contributed by atoms with Gasteiger partial charge in [0.2, 0.25) is 0 Å². The molecule has 1 atom stereocenters. The van der Waals surface area contributed by atoms with Gasteiger partial charge in [0.05, 0.1) is 11.9 Å². The summed E-state index contributed by atoms with van der Waals surface area (Å²) in [7, 11) is 0. The van der Waals surface area contributed by atoms with E-state index >= 15 is 0 Å². The predicted octanol–water partition coefficient (Wildman–Crippen LogP) is 2.18. The van der Waals surface area contributed by atoms with E-state index in [4.69, 9.17) is 5.73 Å². The van der Waals surface area contributed by atoms with E-state index in [2.05, 4.69) is 24.1 Å². The van der Waals surface area contributed by atoms with Crippen LogP contribution in [0.5, 0.6) is 0 Å². The van der Waals surface area contributed by atoms with Crippen molar-refractivity contribution in [1.29, 1.82) is 0 Å². The van der Waals surface area contributed by atoms with Crippen LogP contribution in [-0.4, -0.2) is 11.0 Å². The third-order valence-electron chi connectivity index (χ3n) is 2.16. The van der Waals surface area contributed by atoms with Gasteiger partial charge in [-0.05, 0) is 31.9 Å². The number of nitrogens with zero attached hydrogens (tertiary/aromatic N) is 1. The summed E-state index contributed by atoms with van der Waals surface area (Å²) in [6.45, 7) is 6.26. The number of nitrogens with two attached hydrogens (primary N) is 1. The minimum atomic E-state index is 0.454. The van der Waals surface area contributed by atoms with Crippen LogP contribution in [0.3, 0.4) is 0 Å². The maximum absolute atomic E-state index is 5.66. The van der Waals surface area contributed by atoms with Crippen molar-refractivity contribution in [3.05, 3.63) is 17.8 Å². The lowest BCUT2D eigenvalue weighted by Crippen LogP contribution is -2.14. The summed E-state index contributed by atoms with van der Waals surface area (Å²) in [4.78, 5) is 4.19. The zero-order valence-electron chi connectivity index (χ0n) is 8.46. The second kappa shape index (κ2) is 4.12. The van der Waals surface area contributed by atoms with E-state index in [1.54, 1.807) is 6.20 Å². The lowest BCUT2D eigenvalue weighted by molar-refractivity contribution is 0.759. The molecule has 1 heterocycles. The summed E-state index contributed by atoms with van der Waals surface area (Å²) < 4.78 is 0. The van der Waals surface area contributed by atoms with E-state index in [0.717, 1.165) is 23.5 Å². The van der Waals surface area contributed by atoms with Crippen molar-refractivity contribution in [2.45, 2.75) is 33.2 Å². The van der Waals surface area contributed by atoms with Crippen LogP contribution in [0.1, 0.15) is 25.8 Å². The molecule has 3 nitrogen and oxygen atoms in total. The number of nitrogens with one attached hydrogen (secondary N) is 1. The van der Waals surface area contributed by atoms with E-state index in [0.29, 0.717) is 6.04 Å². The standard InChI is InChI=1S/C10H17N3/c1-4-8(3)13-10-5-7(2)9(11)6-12-10/h5-6,8H,4,11H2,1-3H3,(H,12,13). The Balaban J connectivity index is 2.73. The fourth-order valence-electron chi connectivity index (χ4n) is 1.00. The molecule has 3 heteroatoms. The molecule has 0 amide bonds. The van der Waals surface area contributed by atoms with Crippen LogP contribution in [0.25, 0.3) is 0 Å². The highest BCUT2D eigenvalue weighted by Crippen LogP contribution is 2.14. The van der Waals surface area contributed by atoms with Gasteiger partial charge in [0.15, 0.2) is 0 Å². The van der Waals surface area contributed by atoms with Gasteiger partial charge >= 0.3 is 0 Å². The van der Waals surface area contributed by atoms with Gasteiger partial charge in [0, 0.05) is 6.04 Å². The fourth-order valence-corrected chi connectivity index (χ4v) is 1.00. The Morgan fingerprint density at radius 3 is 2.85 bits per heavy atom. The number of hydrogen-bond acceptors (Lipinski definition) is 3. The molecule has 1 rings (SSSR count). The third-order valence-corrected chi connectivity index (χ3v) is 2.16. The number of nitrogen functional groups attached to an aromatic ring is 1. The summed E-state index contributed by atoms with van der Waals surface area (Å²) in [5, 5.41) is 3.29. The Morgan fingerprint density at radius 1 is 1.62 bits per heavy atom. The highest BCUT2D eigenvalue weighted by molar-refractivity contribution is 5.51. The SMILES string of the molecule is CCC(C)Nc1cc(C)c(N)cn1. The zero-order chi connectivity index (χ0) is 9.84. The highest BCUT2D eigenvalue weighted by Gasteiger charge is 2.01. The lowest BCUT2D eigenvalue weighted by Gasteiger charge is -2.12. The first-order valence-electron chi connectivity index (χ1n) is 4.62. The van der Waals surface area contributed by atoms with Crippen LogP contribution >= 0.6 is 0 Å². The molecule has 0 aliphatic heterocycles. The van der Waals surface area contributed by atoms with Crippen LogP contribution in [0, 0.1) is 6.92 Å². The van der Waals surface area contributed by atoms with E-state index in [1.807, 2.05) is 13.0 Å². The molecule has 72 valence electrons. The maximum Gasteiger partial charge on any atom is 0.126 e. The molecule has 0 aromatic carbocycles. The molecule has 0 fully saturated rings. The topological polar surface area (TPSA) is 50.9 Å². The van der Waals surface area contributed by atoms with Crippen LogP contribution < -0.4 is 11.1 Å². The first-order chi connectivity index (χ1) is 6.13. The molecule has 1 aromatic heterocycles. The quantitative estimate of drug-likeness (QED) is 0.747. The Hall–Kier alpha value is -1.25. The number of anilines is 2. The molecule has 13 heavy (non-hydrogen) atoms. The van der Waals surface area contributed by atoms with Crippen LogP contribution in [0.4, 0.5) is 11.5 Å². The molecule has 0 aliphatic rings. The van der Waals surface area contributed by atoms with Gasteiger partial charge in [-0.3, -0.25) is 0 Å². The number of rotatable bonds is 3. The molecule has 0 saturated carbocycles. The largest absolute Gasteiger partial charge is 0.397 e. The van der Waals surface area contributed by atoms with Gasteiger partial charge in [-0.1, -0.05) is 6.92 Å². The van der Waals surface area contributed by atoms with Gasteiger partial charge in [0.1, 0.15) is 5.82 Å². The number of hydrogen-bond donors (Lipinski definition) is 2. The van der Waals surface area contributed by atoms with Crippen LogP contribution in [0.2, 0.25) is 0 Å². The van der Waals surface area contributed by atoms with Gasteiger partial charge < -0.3 is 11.1 Å². The van der Waals surface area contributed by atoms with Crippen LogP contribution in [0.15, 0.2) is 12.3 Å². The summed E-state index contributed by atoms with van der Waals surface area (Å²) in [5.41, 5.74) is 7.48. The first kappa shape index (κ1) is 9.84. The molecular weight excluding hydrogens is 162 g/mol. The average Bonchev–Trinajstić information content (AvgIpc) is 2.11. The minimum absolute atomic E-state index is 0.454. The Kier molecular flexibility index (Phi) is 3.12. The van der Waals surface area contributed by atoms with Gasteiger partial charge in [0.25, 0.3) is 0 Å². The fraction of sp³-hybridized carbons (Fsp3) is 0.500. The molecule has 0 radical (unpaired) electrons. The van der Waals surface area contributed by atoms with Gasteiger partial charge in [-0.15, -0.1) is 0 Å². The molecule has 0 saturated heterocycles. The predicted molar refractivity (Wildman–Crippen MR) is 56.8 cm³/mol. The molecule has 0 bridgehead atoms. The Morgan fingerprint density at radius 2 is 2.31 bits per heavy atom. The zero-order valence-corrected chi connectivity index (χ0v) is 8.46. The minimum Gasteiger partial charge on any atom is -0.397 e. The van der Waals surface area contributed by atoms with Crippen molar-refractivity contribution in [2.24, 2.45) is 0 Å². The monoisotopic (exact) mass is 179 g/mol. The van der Waals surface area contributed by atoms with Crippen LogP contribution in [-0.2, 0) is 0 Å². The van der Waals surface area contributed by atoms with Gasteiger partial charge in [-0.2, -0.15) is 0 Å². The summed E-state index contributed by atoms with van der Waals surface area (Å²) >= 11 is 0. The van der Waals surface area contributed by atoms with E-state index < -0.39 is 0 Å². The van der Waals surface area contributed by atoms with Crippen molar-refractivity contribution < 1.29 is 0 Å². The normalized spacial score (nSPS) is 12.5. The third kappa shape index (κ3) is 2.61. The number of pyridine rings is 1. The first-order valence-corrected chi connectivity index (χ1v) is 4.62. The Bertz CT molecular complexity index is 283. The lowest BCUT2D eigenvalue weighted by atomic mass is 10.2. The Labute approximate surface area is 79.4 Å². The number of aromatic nitrogens is 1. The second-order valence-electron chi connectivity index (χ2n) is 3.38. The second-order valence-corrected chi connectivity index (χ2v) is 3.38. The van der Waals surface area contributed by atoms with Gasteiger partial charge in [-0.25, -0.2) is 4.98 Å². The van der Waals surface area contributed by atoms with Crippen molar-refractivity contribution in [1.82, 2.24) is 4.98 Å². The molecule has 3 N–H and O–H groups in total. The maximum atomic E-state index is 5.66. The number of aryl methyl sites for hydroxylation is 1. The van der Waals surface area contributed by atoms with Crippen molar-refractivity contribution >= 4 is 11.5 Å². The summed E-state index contributed by atoms with van der Waals surface area (Å²) in [6.07, 6.45) is 2.78. The molecule has 1 unspecified atom stereocenters. The molecule has 0 spiro atoms. The molecular formula is C10H17N3.